The fourth-order valence-electron chi connectivity index (χ4n) is 3.10. The predicted octanol–water partition coefficient (Wildman–Crippen LogP) is 4.38. The normalized spacial score (nSPS) is 11.7. The molecule has 0 unspecified atom stereocenters. The Kier molecular flexibility index (Phi) is 5.24. The standard InChI is InChI=1S/C20H22N4OS2/c1-3-23(4-2)13-15-7-5-14(6-8-15)12-21-18(25)17-11-16-19(27-17)22-20-24(16)9-10-26-20/h5-11H,3-4,12-13H2,1-2H3,(H,21,25). The lowest BCUT2D eigenvalue weighted by atomic mass is 10.1. The van der Waals surface area contributed by atoms with Crippen LogP contribution in [-0.4, -0.2) is 33.3 Å². The van der Waals surface area contributed by atoms with E-state index in [0.717, 1.165) is 40.5 Å². The van der Waals surface area contributed by atoms with Crippen LogP contribution in [-0.2, 0) is 13.1 Å². The van der Waals surface area contributed by atoms with Gasteiger partial charge in [0.2, 0.25) is 0 Å². The minimum Gasteiger partial charge on any atom is -0.347 e. The molecule has 1 amide bonds. The van der Waals surface area contributed by atoms with Gasteiger partial charge in [-0.25, -0.2) is 4.98 Å². The molecule has 0 radical (unpaired) electrons. The highest BCUT2D eigenvalue weighted by Gasteiger charge is 2.14. The predicted molar refractivity (Wildman–Crippen MR) is 113 cm³/mol. The van der Waals surface area contributed by atoms with Gasteiger partial charge in [-0.3, -0.25) is 14.1 Å². The molecule has 0 spiro atoms. The molecular formula is C20H22N4OS2. The van der Waals surface area contributed by atoms with Crippen molar-refractivity contribution in [3.8, 4) is 0 Å². The molecule has 0 aliphatic heterocycles. The molecule has 1 aromatic carbocycles. The largest absolute Gasteiger partial charge is 0.347 e. The summed E-state index contributed by atoms with van der Waals surface area (Å²) in [5.41, 5.74) is 3.41. The highest BCUT2D eigenvalue weighted by Crippen LogP contribution is 2.28. The maximum atomic E-state index is 12.5. The topological polar surface area (TPSA) is 49.6 Å². The van der Waals surface area contributed by atoms with E-state index in [1.54, 1.807) is 11.3 Å². The molecule has 3 heterocycles. The van der Waals surface area contributed by atoms with Crippen molar-refractivity contribution in [3.05, 3.63) is 57.9 Å². The Morgan fingerprint density at radius 1 is 1.19 bits per heavy atom. The molecule has 140 valence electrons. The number of thiophene rings is 1. The van der Waals surface area contributed by atoms with Gasteiger partial charge in [0.05, 0.1) is 10.4 Å². The summed E-state index contributed by atoms with van der Waals surface area (Å²) in [7, 11) is 0. The molecule has 0 aliphatic carbocycles. The molecule has 5 nitrogen and oxygen atoms in total. The second-order valence-corrected chi connectivity index (χ2v) is 8.33. The number of rotatable bonds is 7. The summed E-state index contributed by atoms with van der Waals surface area (Å²) in [6.45, 7) is 7.96. The van der Waals surface area contributed by atoms with Crippen molar-refractivity contribution in [3.63, 3.8) is 0 Å². The van der Waals surface area contributed by atoms with Gasteiger partial charge in [0.25, 0.3) is 5.91 Å². The van der Waals surface area contributed by atoms with E-state index in [4.69, 9.17) is 0 Å². The third-order valence-corrected chi connectivity index (χ3v) is 6.51. The molecule has 0 fully saturated rings. The van der Waals surface area contributed by atoms with E-state index in [1.165, 1.54) is 16.9 Å². The molecule has 3 aromatic heterocycles. The van der Waals surface area contributed by atoms with Crippen LogP contribution < -0.4 is 5.32 Å². The van der Waals surface area contributed by atoms with E-state index in [9.17, 15) is 4.79 Å². The maximum absolute atomic E-state index is 12.5. The Hall–Kier alpha value is -2.22. The smallest absolute Gasteiger partial charge is 0.261 e. The number of aromatic nitrogens is 2. The fraction of sp³-hybridized carbons (Fsp3) is 0.300. The van der Waals surface area contributed by atoms with Crippen molar-refractivity contribution in [2.75, 3.05) is 13.1 Å². The van der Waals surface area contributed by atoms with Crippen LogP contribution in [0.3, 0.4) is 0 Å². The zero-order chi connectivity index (χ0) is 18.8. The van der Waals surface area contributed by atoms with Crippen LogP contribution >= 0.6 is 22.7 Å². The molecule has 0 saturated heterocycles. The number of nitrogens with zero attached hydrogens (tertiary/aromatic N) is 3. The number of thiazole rings is 1. The first kappa shape index (κ1) is 18.2. The second kappa shape index (κ2) is 7.80. The second-order valence-electron chi connectivity index (χ2n) is 6.43. The van der Waals surface area contributed by atoms with Crippen LogP contribution in [0.1, 0.15) is 34.6 Å². The van der Waals surface area contributed by atoms with E-state index in [-0.39, 0.29) is 5.91 Å². The Morgan fingerprint density at radius 3 is 2.67 bits per heavy atom. The van der Waals surface area contributed by atoms with Crippen molar-refractivity contribution in [2.45, 2.75) is 26.9 Å². The van der Waals surface area contributed by atoms with Crippen LogP contribution in [0.15, 0.2) is 41.9 Å². The summed E-state index contributed by atoms with van der Waals surface area (Å²) in [6.07, 6.45) is 1.99. The highest BCUT2D eigenvalue weighted by molar-refractivity contribution is 7.21. The van der Waals surface area contributed by atoms with Gasteiger partial charge in [-0.15, -0.1) is 22.7 Å². The van der Waals surface area contributed by atoms with Gasteiger partial charge in [-0.1, -0.05) is 38.1 Å². The van der Waals surface area contributed by atoms with Crippen LogP contribution in [0, 0.1) is 0 Å². The summed E-state index contributed by atoms with van der Waals surface area (Å²) in [5.74, 6) is -0.0470. The third kappa shape index (κ3) is 3.76. The van der Waals surface area contributed by atoms with Gasteiger partial charge in [-0.05, 0) is 30.3 Å². The van der Waals surface area contributed by atoms with Crippen LogP contribution in [0.5, 0.6) is 0 Å². The average molecular weight is 399 g/mol. The van der Waals surface area contributed by atoms with Crippen LogP contribution in [0.4, 0.5) is 0 Å². The Labute approximate surface area is 166 Å². The van der Waals surface area contributed by atoms with Crippen molar-refractivity contribution in [2.24, 2.45) is 0 Å². The molecule has 4 rings (SSSR count). The van der Waals surface area contributed by atoms with E-state index >= 15 is 0 Å². The number of carbonyl (C=O) groups is 1. The number of carbonyl (C=O) groups excluding carboxylic acids is 1. The Balaban J connectivity index is 1.39. The van der Waals surface area contributed by atoms with Crippen LogP contribution in [0.2, 0.25) is 0 Å². The summed E-state index contributed by atoms with van der Waals surface area (Å²) >= 11 is 3.04. The zero-order valence-electron chi connectivity index (χ0n) is 15.4. The Morgan fingerprint density at radius 2 is 1.93 bits per heavy atom. The number of benzene rings is 1. The van der Waals surface area contributed by atoms with Gasteiger partial charge < -0.3 is 5.32 Å². The average Bonchev–Trinajstić information content (AvgIpc) is 3.37. The van der Waals surface area contributed by atoms with Crippen molar-refractivity contribution in [1.82, 2.24) is 19.6 Å². The lowest BCUT2D eigenvalue weighted by Gasteiger charge is -2.18. The highest BCUT2D eigenvalue weighted by atomic mass is 32.1. The summed E-state index contributed by atoms with van der Waals surface area (Å²) < 4.78 is 2.03. The zero-order valence-corrected chi connectivity index (χ0v) is 17.1. The molecule has 1 N–H and O–H groups in total. The van der Waals surface area contributed by atoms with Crippen molar-refractivity contribution < 1.29 is 4.79 Å². The van der Waals surface area contributed by atoms with Gasteiger partial charge in [0.15, 0.2) is 4.96 Å². The lowest BCUT2D eigenvalue weighted by molar-refractivity contribution is 0.0955. The maximum Gasteiger partial charge on any atom is 0.261 e. The summed E-state index contributed by atoms with van der Waals surface area (Å²) in [6, 6.07) is 10.4. The van der Waals surface area contributed by atoms with Gasteiger partial charge in [-0.2, -0.15) is 0 Å². The molecule has 7 heteroatoms. The number of hydrogen-bond acceptors (Lipinski definition) is 5. The van der Waals surface area contributed by atoms with Crippen molar-refractivity contribution in [1.29, 1.82) is 0 Å². The first-order chi connectivity index (χ1) is 13.2. The number of hydrogen-bond donors (Lipinski definition) is 1. The SMILES string of the molecule is CCN(CC)Cc1ccc(CNC(=O)c2cc3c(nc4sccn43)s2)cc1. The summed E-state index contributed by atoms with van der Waals surface area (Å²) in [4.78, 5) is 22.0. The minimum absolute atomic E-state index is 0.0470. The van der Waals surface area contributed by atoms with Gasteiger partial charge in [0.1, 0.15) is 4.83 Å². The summed E-state index contributed by atoms with van der Waals surface area (Å²) in [5, 5.41) is 5.02. The fourth-order valence-corrected chi connectivity index (χ4v) is 4.81. The van der Waals surface area contributed by atoms with E-state index in [0.29, 0.717) is 11.4 Å². The minimum atomic E-state index is -0.0470. The quantitative estimate of drug-likeness (QED) is 0.502. The van der Waals surface area contributed by atoms with Crippen LogP contribution in [0.25, 0.3) is 15.3 Å². The lowest BCUT2D eigenvalue weighted by Crippen LogP contribution is -2.22. The van der Waals surface area contributed by atoms with Gasteiger partial charge >= 0.3 is 0 Å². The molecule has 0 saturated carbocycles. The first-order valence-electron chi connectivity index (χ1n) is 9.11. The van der Waals surface area contributed by atoms with Gasteiger partial charge in [0, 0.05) is 24.7 Å². The van der Waals surface area contributed by atoms with E-state index in [1.807, 2.05) is 22.0 Å². The molecule has 27 heavy (non-hydrogen) atoms. The number of fused-ring (bicyclic) bond motifs is 3. The number of nitrogens with one attached hydrogen (secondary N) is 1. The van der Waals surface area contributed by atoms with Crippen molar-refractivity contribution >= 4 is 43.9 Å². The Bertz CT molecular complexity index is 1060. The number of imidazole rings is 1. The third-order valence-electron chi connectivity index (χ3n) is 4.74. The van der Waals surface area contributed by atoms with E-state index in [2.05, 4.69) is 53.3 Å². The first-order valence-corrected chi connectivity index (χ1v) is 10.8. The molecule has 0 aliphatic rings. The molecule has 4 aromatic rings. The monoisotopic (exact) mass is 398 g/mol. The molecular weight excluding hydrogens is 376 g/mol. The van der Waals surface area contributed by atoms with E-state index < -0.39 is 0 Å². The number of amides is 1. The molecule has 0 atom stereocenters. The molecule has 0 bridgehead atoms.